The summed E-state index contributed by atoms with van der Waals surface area (Å²) < 4.78 is 0. The van der Waals surface area contributed by atoms with Crippen LogP contribution in [0.2, 0.25) is 0 Å². The molecule has 1 rings (SSSR count). The number of hydrogen-bond donors (Lipinski definition) is 3. The lowest BCUT2D eigenvalue weighted by atomic mass is 10.1. The van der Waals surface area contributed by atoms with Crippen molar-refractivity contribution >= 4 is 11.9 Å². The van der Waals surface area contributed by atoms with Crippen LogP contribution < -0.4 is 16.0 Å². The zero-order valence-corrected chi connectivity index (χ0v) is 16.1. The summed E-state index contributed by atoms with van der Waals surface area (Å²) >= 11 is 0. The molecule has 24 heavy (non-hydrogen) atoms. The average molecular weight is 341 g/mol. The smallest absolute Gasteiger partial charge is 0.242 e. The maximum absolute atomic E-state index is 11.9. The van der Waals surface area contributed by atoms with Gasteiger partial charge in [0.15, 0.2) is 5.96 Å². The van der Waals surface area contributed by atoms with Gasteiger partial charge in [-0.2, -0.15) is 0 Å². The molecule has 1 aliphatic rings. The molecule has 0 aromatic carbocycles. The molecule has 0 bridgehead atoms. The van der Waals surface area contributed by atoms with Gasteiger partial charge in [-0.05, 0) is 34.2 Å². The van der Waals surface area contributed by atoms with E-state index in [2.05, 4.69) is 37.7 Å². The normalized spacial score (nSPS) is 17.6. The molecule has 0 saturated carbocycles. The summed E-state index contributed by atoms with van der Waals surface area (Å²) in [6, 6.07) is 0. The fraction of sp³-hybridized carbons (Fsp3) is 0.882. The standard InChI is InChI=1S/C17H36N6O/c1-6-18-16(20-14-15(24)21-17(3,4)5)19-8-9-23-12-10-22(7-2)11-13-23/h6-14H2,1-5H3,(H,21,24)(H2,18,19,20). The van der Waals surface area contributed by atoms with Crippen molar-refractivity contribution in [1.82, 2.24) is 25.8 Å². The summed E-state index contributed by atoms with van der Waals surface area (Å²) in [6.45, 7) is 18.6. The van der Waals surface area contributed by atoms with Gasteiger partial charge in [-0.25, -0.2) is 4.99 Å². The quantitative estimate of drug-likeness (QED) is 0.453. The Balaban J connectivity index is 2.32. The largest absolute Gasteiger partial charge is 0.357 e. The van der Waals surface area contributed by atoms with Gasteiger partial charge in [0.05, 0.1) is 0 Å². The van der Waals surface area contributed by atoms with Crippen LogP contribution in [0.3, 0.4) is 0 Å². The third-order valence-electron chi connectivity index (χ3n) is 3.87. The third-order valence-corrected chi connectivity index (χ3v) is 3.87. The second-order valence-electron chi connectivity index (χ2n) is 7.20. The fourth-order valence-corrected chi connectivity index (χ4v) is 2.61. The summed E-state index contributed by atoms with van der Waals surface area (Å²) in [5, 5.41) is 9.42. The van der Waals surface area contributed by atoms with Gasteiger partial charge >= 0.3 is 0 Å². The Labute approximate surface area is 147 Å². The van der Waals surface area contributed by atoms with Gasteiger partial charge in [0.1, 0.15) is 6.54 Å². The summed E-state index contributed by atoms with van der Waals surface area (Å²) in [5.74, 6) is 0.643. The summed E-state index contributed by atoms with van der Waals surface area (Å²) in [5.41, 5.74) is -0.223. The van der Waals surface area contributed by atoms with E-state index in [1.807, 2.05) is 27.7 Å². The lowest BCUT2D eigenvalue weighted by Crippen LogP contribution is -2.49. The molecule has 1 saturated heterocycles. The number of carbonyl (C=O) groups excluding carboxylic acids is 1. The predicted molar refractivity (Wildman–Crippen MR) is 100 cm³/mol. The number of likely N-dealkylation sites (N-methyl/N-ethyl adjacent to an activating group) is 1. The Kier molecular flexibility index (Phi) is 9.07. The Bertz CT molecular complexity index is 396. The van der Waals surface area contributed by atoms with Gasteiger partial charge in [-0.15, -0.1) is 0 Å². The molecule has 0 unspecified atom stereocenters. The highest BCUT2D eigenvalue weighted by Gasteiger charge is 2.15. The minimum Gasteiger partial charge on any atom is -0.357 e. The van der Waals surface area contributed by atoms with Gasteiger partial charge in [0.2, 0.25) is 5.91 Å². The van der Waals surface area contributed by atoms with Crippen LogP contribution in [0.25, 0.3) is 0 Å². The second-order valence-corrected chi connectivity index (χ2v) is 7.20. The molecule has 0 atom stereocenters. The SMILES string of the molecule is CCNC(=NCC(=O)NC(C)(C)C)NCCN1CCN(CC)CC1. The van der Waals surface area contributed by atoms with Crippen molar-refractivity contribution in [3.8, 4) is 0 Å². The zero-order valence-electron chi connectivity index (χ0n) is 16.1. The summed E-state index contributed by atoms with van der Waals surface area (Å²) in [6.07, 6.45) is 0. The van der Waals surface area contributed by atoms with Crippen molar-refractivity contribution in [1.29, 1.82) is 0 Å². The van der Waals surface area contributed by atoms with Crippen LogP contribution >= 0.6 is 0 Å². The first-order chi connectivity index (χ1) is 11.3. The first-order valence-corrected chi connectivity index (χ1v) is 9.12. The van der Waals surface area contributed by atoms with E-state index in [0.29, 0.717) is 5.96 Å². The molecular formula is C17H36N6O. The number of hydrogen-bond acceptors (Lipinski definition) is 4. The van der Waals surface area contributed by atoms with Gasteiger partial charge < -0.3 is 20.9 Å². The maximum atomic E-state index is 11.9. The summed E-state index contributed by atoms with van der Waals surface area (Å²) in [4.78, 5) is 21.2. The van der Waals surface area contributed by atoms with Crippen LogP contribution in [0.4, 0.5) is 0 Å². The molecular weight excluding hydrogens is 304 g/mol. The predicted octanol–water partition coefficient (Wildman–Crippen LogP) is 0.0937. The number of guanidine groups is 1. The molecule has 3 N–H and O–H groups in total. The van der Waals surface area contributed by atoms with Crippen LogP contribution in [0.15, 0.2) is 4.99 Å². The van der Waals surface area contributed by atoms with Crippen molar-refractivity contribution in [2.75, 3.05) is 58.9 Å². The lowest BCUT2D eigenvalue weighted by Gasteiger charge is -2.34. The topological polar surface area (TPSA) is 72.0 Å². The number of piperazine rings is 1. The highest BCUT2D eigenvalue weighted by atomic mass is 16.2. The van der Waals surface area contributed by atoms with Crippen LogP contribution in [-0.2, 0) is 4.79 Å². The van der Waals surface area contributed by atoms with E-state index in [4.69, 9.17) is 0 Å². The maximum Gasteiger partial charge on any atom is 0.242 e. The van der Waals surface area contributed by atoms with E-state index in [0.717, 1.165) is 52.4 Å². The van der Waals surface area contributed by atoms with E-state index in [1.54, 1.807) is 0 Å². The highest BCUT2D eigenvalue weighted by Crippen LogP contribution is 2.00. The van der Waals surface area contributed by atoms with Gasteiger partial charge in [0, 0.05) is 51.4 Å². The van der Waals surface area contributed by atoms with E-state index in [-0.39, 0.29) is 18.0 Å². The zero-order chi connectivity index (χ0) is 18.0. The van der Waals surface area contributed by atoms with Gasteiger partial charge in [-0.1, -0.05) is 6.92 Å². The molecule has 0 aromatic rings. The molecule has 7 nitrogen and oxygen atoms in total. The molecule has 0 spiro atoms. The molecule has 0 aromatic heterocycles. The molecule has 1 amide bonds. The van der Waals surface area contributed by atoms with Crippen molar-refractivity contribution in [2.45, 2.75) is 40.2 Å². The number of aliphatic imine (C=N–C) groups is 1. The molecule has 1 aliphatic heterocycles. The number of nitrogens with one attached hydrogen (secondary N) is 3. The highest BCUT2D eigenvalue weighted by molar-refractivity contribution is 5.85. The molecule has 0 radical (unpaired) electrons. The van der Waals surface area contributed by atoms with E-state index in [1.165, 1.54) is 0 Å². The molecule has 1 heterocycles. The summed E-state index contributed by atoms with van der Waals surface area (Å²) in [7, 11) is 0. The van der Waals surface area contributed by atoms with E-state index in [9.17, 15) is 4.79 Å². The number of nitrogens with zero attached hydrogens (tertiary/aromatic N) is 3. The Hall–Kier alpha value is -1.34. The molecule has 7 heteroatoms. The molecule has 1 fully saturated rings. The number of amides is 1. The van der Waals surface area contributed by atoms with Gasteiger partial charge in [-0.3, -0.25) is 9.69 Å². The first kappa shape index (κ1) is 20.7. The Morgan fingerprint density at radius 1 is 1.04 bits per heavy atom. The average Bonchev–Trinajstić information content (AvgIpc) is 2.51. The Morgan fingerprint density at radius 3 is 2.21 bits per heavy atom. The van der Waals surface area contributed by atoms with Crippen molar-refractivity contribution < 1.29 is 4.79 Å². The van der Waals surface area contributed by atoms with E-state index < -0.39 is 0 Å². The van der Waals surface area contributed by atoms with Crippen molar-refractivity contribution in [3.63, 3.8) is 0 Å². The minimum atomic E-state index is -0.223. The minimum absolute atomic E-state index is 0.0598. The Morgan fingerprint density at radius 2 is 1.67 bits per heavy atom. The van der Waals surface area contributed by atoms with Crippen LogP contribution in [0, 0.1) is 0 Å². The van der Waals surface area contributed by atoms with Gasteiger partial charge in [0.25, 0.3) is 0 Å². The first-order valence-electron chi connectivity index (χ1n) is 9.12. The number of carbonyl (C=O) groups is 1. The van der Waals surface area contributed by atoms with Crippen molar-refractivity contribution in [2.24, 2.45) is 4.99 Å². The molecule has 0 aliphatic carbocycles. The second kappa shape index (κ2) is 10.5. The van der Waals surface area contributed by atoms with E-state index >= 15 is 0 Å². The monoisotopic (exact) mass is 340 g/mol. The van der Waals surface area contributed by atoms with Crippen LogP contribution in [-0.4, -0.2) is 86.1 Å². The lowest BCUT2D eigenvalue weighted by molar-refractivity contribution is -0.121. The van der Waals surface area contributed by atoms with Crippen molar-refractivity contribution in [3.05, 3.63) is 0 Å². The van der Waals surface area contributed by atoms with Crippen LogP contribution in [0.5, 0.6) is 0 Å². The number of rotatable bonds is 7. The third kappa shape index (κ3) is 9.08. The van der Waals surface area contributed by atoms with Crippen LogP contribution in [0.1, 0.15) is 34.6 Å². The molecule has 140 valence electrons. The fourth-order valence-electron chi connectivity index (χ4n) is 2.61.